The van der Waals surface area contributed by atoms with Gasteiger partial charge in [0.25, 0.3) is 0 Å². The van der Waals surface area contributed by atoms with Crippen molar-refractivity contribution < 1.29 is 9.47 Å². The summed E-state index contributed by atoms with van der Waals surface area (Å²) in [6.45, 7) is 1.44. The molecule has 1 saturated heterocycles. The normalized spacial score (nSPS) is 24.3. The number of halogens is 1. The third-order valence-electron chi connectivity index (χ3n) is 3.63. The quantitative estimate of drug-likeness (QED) is 0.773. The van der Waals surface area contributed by atoms with Crippen LogP contribution in [0.25, 0.3) is 0 Å². The Morgan fingerprint density at radius 3 is 2.41 bits per heavy atom. The number of nitrogens with zero attached hydrogens (tertiary/aromatic N) is 2. The van der Waals surface area contributed by atoms with Gasteiger partial charge in [0.1, 0.15) is 0 Å². The first-order valence-corrected chi connectivity index (χ1v) is 6.41. The standard InChI is InChI=1S/C12H15ClN2O2/c13-11-10(14-5-6-15-11)9-1-3-12(4-2-9)16-7-8-17-12/h5-6,9H,1-4,7-8H2. The topological polar surface area (TPSA) is 44.2 Å². The second-order valence-corrected chi connectivity index (χ2v) is 4.97. The maximum absolute atomic E-state index is 6.07. The van der Waals surface area contributed by atoms with E-state index in [4.69, 9.17) is 21.1 Å². The first kappa shape index (κ1) is 11.4. The van der Waals surface area contributed by atoms with Gasteiger partial charge < -0.3 is 9.47 Å². The lowest BCUT2D eigenvalue weighted by atomic mass is 9.83. The Morgan fingerprint density at radius 1 is 1.12 bits per heavy atom. The fourth-order valence-electron chi connectivity index (χ4n) is 2.72. The summed E-state index contributed by atoms with van der Waals surface area (Å²) >= 11 is 6.07. The van der Waals surface area contributed by atoms with Gasteiger partial charge in [-0.15, -0.1) is 0 Å². The molecule has 2 aliphatic rings. The van der Waals surface area contributed by atoms with E-state index in [1.54, 1.807) is 12.4 Å². The van der Waals surface area contributed by atoms with Gasteiger partial charge in [-0.3, -0.25) is 4.98 Å². The lowest BCUT2D eigenvalue weighted by molar-refractivity contribution is -0.178. The van der Waals surface area contributed by atoms with Crippen molar-refractivity contribution in [2.45, 2.75) is 37.4 Å². The summed E-state index contributed by atoms with van der Waals surface area (Å²) < 4.78 is 11.4. The van der Waals surface area contributed by atoms with Crippen molar-refractivity contribution in [1.82, 2.24) is 9.97 Å². The van der Waals surface area contributed by atoms with Crippen molar-refractivity contribution in [3.8, 4) is 0 Å². The molecule has 4 nitrogen and oxygen atoms in total. The van der Waals surface area contributed by atoms with Gasteiger partial charge in [-0.2, -0.15) is 0 Å². The molecular weight excluding hydrogens is 240 g/mol. The predicted octanol–water partition coefficient (Wildman–Crippen LogP) is 2.53. The molecule has 17 heavy (non-hydrogen) atoms. The molecule has 1 aliphatic heterocycles. The molecule has 0 amide bonds. The zero-order valence-electron chi connectivity index (χ0n) is 9.56. The van der Waals surface area contributed by atoms with Crippen LogP contribution in [0.2, 0.25) is 5.15 Å². The van der Waals surface area contributed by atoms with Crippen LogP contribution in [-0.2, 0) is 9.47 Å². The number of hydrogen-bond acceptors (Lipinski definition) is 4. The van der Waals surface area contributed by atoms with Crippen molar-refractivity contribution >= 4 is 11.6 Å². The van der Waals surface area contributed by atoms with Gasteiger partial charge in [-0.1, -0.05) is 11.6 Å². The fraction of sp³-hybridized carbons (Fsp3) is 0.667. The minimum absolute atomic E-state index is 0.314. The van der Waals surface area contributed by atoms with Gasteiger partial charge in [0.05, 0.1) is 18.9 Å². The molecule has 0 aromatic carbocycles. The second-order valence-electron chi connectivity index (χ2n) is 4.61. The molecular formula is C12H15ClN2O2. The molecule has 92 valence electrons. The Labute approximate surface area is 105 Å². The Balaban J connectivity index is 1.71. The Morgan fingerprint density at radius 2 is 1.76 bits per heavy atom. The average Bonchev–Trinajstić information content (AvgIpc) is 2.80. The summed E-state index contributed by atoms with van der Waals surface area (Å²) in [6, 6.07) is 0. The molecule has 1 aliphatic carbocycles. The highest BCUT2D eigenvalue weighted by Gasteiger charge is 2.41. The minimum Gasteiger partial charge on any atom is -0.348 e. The number of hydrogen-bond donors (Lipinski definition) is 0. The molecule has 1 spiro atoms. The van der Waals surface area contributed by atoms with Gasteiger partial charge in [-0.05, 0) is 12.8 Å². The third kappa shape index (κ3) is 2.17. The van der Waals surface area contributed by atoms with Crippen LogP contribution >= 0.6 is 11.6 Å². The molecule has 0 atom stereocenters. The van der Waals surface area contributed by atoms with Crippen LogP contribution in [0, 0.1) is 0 Å². The summed E-state index contributed by atoms with van der Waals surface area (Å²) in [6.07, 6.45) is 7.17. The first-order valence-electron chi connectivity index (χ1n) is 6.03. The van der Waals surface area contributed by atoms with Gasteiger partial charge in [0.2, 0.25) is 0 Å². The van der Waals surface area contributed by atoms with E-state index in [0.29, 0.717) is 11.1 Å². The molecule has 0 unspecified atom stereocenters. The van der Waals surface area contributed by atoms with Gasteiger partial charge in [-0.25, -0.2) is 4.98 Å². The molecule has 2 heterocycles. The van der Waals surface area contributed by atoms with E-state index in [2.05, 4.69) is 9.97 Å². The molecule has 2 fully saturated rings. The van der Waals surface area contributed by atoms with Crippen LogP contribution < -0.4 is 0 Å². The Hall–Kier alpha value is -0.710. The third-order valence-corrected chi connectivity index (χ3v) is 3.92. The zero-order valence-corrected chi connectivity index (χ0v) is 10.3. The van der Waals surface area contributed by atoms with Crippen LogP contribution in [0.15, 0.2) is 12.4 Å². The highest BCUT2D eigenvalue weighted by Crippen LogP contribution is 2.42. The summed E-state index contributed by atoms with van der Waals surface area (Å²) in [7, 11) is 0. The van der Waals surface area contributed by atoms with Crippen LogP contribution in [0.1, 0.15) is 37.3 Å². The van der Waals surface area contributed by atoms with Crippen molar-refractivity contribution in [3.05, 3.63) is 23.2 Å². The first-order chi connectivity index (χ1) is 8.29. The summed E-state index contributed by atoms with van der Waals surface area (Å²) in [4.78, 5) is 8.42. The van der Waals surface area contributed by atoms with Crippen LogP contribution in [0.3, 0.4) is 0 Å². The van der Waals surface area contributed by atoms with Crippen molar-refractivity contribution in [2.24, 2.45) is 0 Å². The van der Waals surface area contributed by atoms with Gasteiger partial charge >= 0.3 is 0 Å². The minimum atomic E-state index is -0.314. The van der Waals surface area contributed by atoms with Crippen molar-refractivity contribution in [1.29, 1.82) is 0 Å². The number of ether oxygens (including phenoxy) is 2. The highest BCUT2D eigenvalue weighted by atomic mass is 35.5. The monoisotopic (exact) mass is 254 g/mol. The number of aromatic nitrogens is 2. The molecule has 1 saturated carbocycles. The molecule has 5 heteroatoms. The van der Waals surface area contributed by atoms with Crippen LogP contribution in [-0.4, -0.2) is 29.0 Å². The van der Waals surface area contributed by atoms with Crippen molar-refractivity contribution in [2.75, 3.05) is 13.2 Å². The second kappa shape index (κ2) is 4.52. The highest BCUT2D eigenvalue weighted by molar-refractivity contribution is 6.30. The molecule has 3 rings (SSSR count). The summed E-state index contributed by atoms with van der Waals surface area (Å²) in [5, 5.41) is 0.529. The van der Waals surface area contributed by atoms with Crippen LogP contribution in [0.4, 0.5) is 0 Å². The van der Waals surface area contributed by atoms with E-state index in [1.165, 1.54) is 0 Å². The SMILES string of the molecule is Clc1nccnc1C1CCC2(CC1)OCCO2. The molecule has 0 bridgehead atoms. The fourth-order valence-corrected chi connectivity index (χ4v) is 2.98. The van der Waals surface area contributed by atoms with Gasteiger partial charge in [0.15, 0.2) is 10.9 Å². The largest absolute Gasteiger partial charge is 0.348 e. The summed E-state index contributed by atoms with van der Waals surface area (Å²) in [5.41, 5.74) is 0.919. The average molecular weight is 255 g/mol. The van der Waals surface area contributed by atoms with E-state index >= 15 is 0 Å². The van der Waals surface area contributed by atoms with E-state index in [9.17, 15) is 0 Å². The number of rotatable bonds is 1. The van der Waals surface area contributed by atoms with Gasteiger partial charge in [0, 0.05) is 31.2 Å². The lowest BCUT2D eigenvalue weighted by Gasteiger charge is -2.35. The van der Waals surface area contributed by atoms with E-state index < -0.39 is 0 Å². The maximum Gasteiger partial charge on any atom is 0.168 e. The molecule has 1 aromatic heterocycles. The summed E-state index contributed by atoms with van der Waals surface area (Å²) in [5.74, 6) is 0.0696. The van der Waals surface area contributed by atoms with E-state index in [1.807, 2.05) is 0 Å². The smallest absolute Gasteiger partial charge is 0.168 e. The lowest BCUT2D eigenvalue weighted by Crippen LogP contribution is -2.34. The maximum atomic E-state index is 6.07. The zero-order chi connectivity index (χ0) is 11.7. The predicted molar refractivity (Wildman–Crippen MR) is 62.9 cm³/mol. The Kier molecular flexibility index (Phi) is 3.03. The van der Waals surface area contributed by atoms with E-state index in [-0.39, 0.29) is 5.79 Å². The molecule has 1 aromatic rings. The van der Waals surface area contributed by atoms with E-state index in [0.717, 1.165) is 44.6 Å². The van der Waals surface area contributed by atoms with Crippen LogP contribution in [0.5, 0.6) is 0 Å². The molecule has 0 radical (unpaired) electrons. The van der Waals surface area contributed by atoms with Crippen molar-refractivity contribution in [3.63, 3.8) is 0 Å². The Bertz CT molecular complexity index is 397. The molecule has 0 N–H and O–H groups in total.